The summed E-state index contributed by atoms with van der Waals surface area (Å²) >= 11 is 0. The minimum absolute atomic E-state index is 0.0252. The molecule has 1 atom stereocenters. The number of aromatic amines is 1. The van der Waals surface area contributed by atoms with Crippen LogP contribution in [0.15, 0.2) is 39.6 Å². The van der Waals surface area contributed by atoms with Crippen LogP contribution >= 0.6 is 0 Å². The molecule has 4 rings (SSSR count). The fourth-order valence-electron chi connectivity index (χ4n) is 3.34. The quantitative estimate of drug-likeness (QED) is 0.783. The molecule has 3 aromatic rings. The zero-order valence-corrected chi connectivity index (χ0v) is 14.4. The molecule has 7 heteroatoms. The van der Waals surface area contributed by atoms with E-state index in [-0.39, 0.29) is 11.6 Å². The van der Waals surface area contributed by atoms with E-state index in [0.717, 1.165) is 36.1 Å². The zero-order valence-electron chi connectivity index (χ0n) is 14.4. The molecule has 0 radical (unpaired) electrons. The Hall–Kier alpha value is -2.51. The lowest BCUT2D eigenvalue weighted by molar-refractivity contribution is 0.0712. The van der Waals surface area contributed by atoms with E-state index in [4.69, 9.17) is 4.52 Å². The number of para-hydroxylation sites is 1. The number of likely N-dealkylation sites (N-methyl/N-ethyl adjacent to an activating group) is 1. The Morgan fingerprint density at radius 1 is 1.32 bits per heavy atom. The van der Waals surface area contributed by atoms with Crippen LogP contribution in [-0.2, 0) is 6.54 Å². The predicted octanol–water partition coefficient (Wildman–Crippen LogP) is 1.71. The average Bonchev–Trinajstić information content (AvgIpc) is 3.03. The van der Waals surface area contributed by atoms with Crippen LogP contribution in [-0.4, -0.2) is 51.6 Å². The fraction of sp³-hybridized carbons (Fsp3) is 0.389. The van der Waals surface area contributed by atoms with Gasteiger partial charge in [-0.05, 0) is 31.5 Å². The maximum absolute atomic E-state index is 12.4. The van der Waals surface area contributed by atoms with E-state index in [2.05, 4.69) is 32.0 Å². The van der Waals surface area contributed by atoms with E-state index in [1.165, 1.54) is 0 Å². The number of nitrogens with one attached hydrogen (secondary N) is 1. The van der Waals surface area contributed by atoms with E-state index < -0.39 is 0 Å². The summed E-state index contributed by atoms with van der Waals surface area (Å²) in [4.78, 5) is 24.2. The van der Waals surface area contributed by atoms with Crippen molar-refractivity contribution >= 4 is 10.9 Å². The van der Waals surface area contributed by atoms with Crippen LogP contribution in [0.1, 0.15) is 23.3 Å². The highest BCUT2D eigenvalue weighted by Crippen LogP contribution is 2.23. The number of nitrogens with zero attached hydrogens (tertiary/aromatic N) is 4. The maximum atomic E-state index is 12.4. The van der Waals surface area contributed by atoms with Crippen molar-refractivity contribution in [3.8, 4) is 0 Å². The lowest BCUT2D eigenvalue weighted by Crippen LogP contribution is -2.46. The summed E-state index contributed by atoms with van der Waals surface area (Å²) < 4.78 is 5.36. The Balaban J connectivity index is 1.56. The van der Waals surface area contributed by atoms with Crippen molar-refractivity contribution in [2.24, 2.45) is 0 Å². The number of benzene rings is 1. The summed E-state index contributed by atoms with van der Waals surface area (Å²) in [5.74, 6) is 1.28. The predicted molar refractivity (Wildman–Crippen MR) is 94.3 cm³/mol. The van der Waals surface area contributed by atoms with E-state index in [9.17, 15) is 4.79 Å². The lowest BCUT2D eigenvalue weighted by atomic mass is 10.1. The summed E-state index contributed by atoms with van der Waals surface area (Å²) in [6.07, 6.45) is 0. The number of H-pyrrole nitrogens is 1. The molecule has 1 aromatic carbocycles. The molecule has 1 aliphatic rings. The fourth-order valence-corrected chi connectivity index (χ4v) is 3.34. The average molecular weight is 339 g/mol. The highest BCUT2D eigenvalue weighted by atomic mass is 16.5. The molecule has 1 aliphatic heterocycles. The van der Waals surface area contributed by atoms with E-state index in [0.29, 0.717) is 18.3 Å². The number of rotatable bonds is 3. The minimum Gasteiger partial charge on any atom is -0.338 e. The van der Waals surface area contributed by atoms with Gasteiger partial charge in [0.25, 0.3) is 5.56 Å². The minimum atomic E-state index is -0.0252. The summed E-state index contributed by atoms with van der Waals surface area (Å²) in [6.45, 7) is 4.97. The van der Waals surface area contributed by atoms with Gasteiger partial charge in [-0.2, -0.15) is 4.98 Å². The van der Waals surface area contributed by atoms with Crippen molar-refractivity contribution in [3.05, 3.63) is 58.0 Å². The molecular weight excluding hydrogens is 318 g/mol. The molecule has 1 fully saturated rings. The van der Waals surface area contributed by atoms with Gasteiger partial charge in [0.05, 0.1) is 0 Å². The van der Waals surface area contributed by atoms with Crippen molar-refractivity contribution in [2.75, 3.05) is 26.7 Å². The van der Waals surface area contributed by atoms with Crippen LogP contribution in [0.5, 0.6) is 0 Å². The number of fused-ring (bicyclic) bond motifs is 1. The molecule has 0 amide bonds. The monoisotopic (exact) mass is 339 g/mol. The number of hydrogen-bond donors (Lipinski definition) is 1. The largest absolute Gasteiger partial charge is 0.338 e. The van der Waals surface area contributed by atoms with Gasteiger partial charge in [-0.15, -0.1) is 0 Å². The van der Waals surface area contributed by atoms with Crippen LogP contribution in [0.4, 0.5) is 0 Å². The van der Waals surface area contributed by atoms with Gasteiger partial charge < -0.3 is 9.51 Å². The van der Waals surface area contributed by atoms with Gasteiger partial charge in [-0.1, -0.05) is 23.4 Å². The Labute approximate surface area is 145 Å². The standard InChI is InChI=1S/C18H21N5O2/c1-12-19-18(25-21-12)16-11-23(8-7-22(16)2)10-14-9-13-5-3-4-6-15(13)20-17(14)24/h3-6,9,16H,7-8,10-11H2,1-2H3,(H,20,24)/t16-/m0/s1. The first-order valence-electron chi connectivity index (χ1n) is 8.44. The topological polar surface area (TPSA) is 78.3 Å². The Bertz CT molecular complexity index is 948. The van der Waals surface area contributed by atoms with Crippen molar-refractivity contribution in [1.82, 2.24) is 24.9 Å². The normalized spacial score (nSPS) is 19.5. The molecule has 0 unspecified atom stereocenters. The number of piperazine rings is 1. The van der Waals surface area contributed by atoms with Crippen LogP contribution in [0.3, 0.4) is 0 Å². The lowest BCUT2D eigenvalue weighted by Gasteiger charge is -2.37. The number of aromatic nitrogens is 3. The second-order valence-electron chi connectivity index (χ2n) is 6.62. The number of aryl methyl sites for hydroxylation is 1. The first kappa shape index (κ1) is 16.0. The molecular formula is C18H21N5O2. The Morgan fingerprint density at radius 2 is 2.16 bits per heavy atom. The number of hydrogen-bond acceptors (Lipinski definition) is 6. The zero-order chi connectivity index (χ0) is 17.4. The molecule has 3 heterocycles. The summed E-state index contributed by atoms with van der Waals surface area (Å²) in [5, 5.41) is 4.95. The first-order valence-corrected chi connectivity index (χ1v) is 8.44. The van der Waals surface area contributed by atoms with Crippen molar-refractivity contribution < 1.29 is 4.52 Å². The van der Waals surface area contributed by atoms with E-state index >= 15 is 0 Å². The molecule has 0 aliphatic carbocycles. The third-order valence-corrected chi connectivity index (χ3v) is 4.78. The first-order chi connectivity index (χ1) is 12.1. The molecule has 1 N–H and O–H groups in total. The molecule has 0 saturated carbocycles. The van der Waals surface area contributed by atoms with Crippen LogP contribution in [0.25, 0.3) is 10.9 Å². The molecule has 7 nitrogen and oxygen atoms in total. The summed E-state index contributed by atoms with van der Waals surface area (Å²) in [7, 11) is 2.06. The van der Waals surface area contributed by atoms with Gasteiger partial charge in [0.1, 0.15) is 6.04 Å². The van der Waals surface area contributed by atoms with Crippen molar-refractivity contribution in [2.45, 2.75) is 19.5 Å². The van der Waals surface area contributed by atoms with Gasteiger partial charge >= 0.3 is 0 Å². The second-order valence-corrected chi connectivity index (χ2v) is 6.62. The van der Waals surface area contributed by atoms with E-state index in [1.54, 1.807) is 0 Å². The van der Waals surface area contributed by atoms with E-state index in [1.807, 2.05) is 37.3 Å². The molecule has 2 aromatic heterocycles. The highest BCUT2D eigenvalue weighted by molar-refractivity contribution is 5.78. The summed E-state index contributed by atoms with van der Waals surface area (Å²) in [6, 6.07) is 9.88. The summed E-state index contributed by atoms with van der Waals surface area (Å²) in [5.41, 5.74) is 1.63. The Kier molecular flexibility index (Phi) is 4.10. The van der Waals surface area contributed by atoms with Crippen LogP contribution in [0, 0.1) is 6.92 Å². The van der Waals surface area contributed by atoms with Gasteiger partial charge in [0.15, 0.2) is 5.82 Å². The SMILES string of the molecule is Cc1noc([C@@H]2CN(Cc3cc4ccccc4[nH]c3=O)CCN2C)n1. The molecule has 0 spiro atoms. The number of pyridine rings is 1. The molecule has 130 valence electrons. The highest BCUT2D eigenvalue weighted by Gasteiger charge is 2.30. The van der Waals surface area contributed by atoms with Crippen molar-refractivity contribution in [1.29, 1.82) is 0 Å². The Morgan fingerprint density at radius 3 is 2.96 bits per heavy atom. The third kappa shape index (κ3) is 3.20. The van der Waals surface area contributed by atoms with Crippen LogP contribution in [0.2, 0.25) is 0 Å². The molecule has 25 heavy (non-hydrogen) atoms. The molecule has 0 bridgehead atoms. The van der Waals surface area contributed by atoms with Gasteiger partial charge in [0.2, 0.25) is 5.89 Å². The van der Waals surface area contributed by atoms with Gasteiger partial charge in [-0.25, -0.2) is 0 Å². The van der Waals surface area contributed by atoms with Gasteiger partial charge in [-0.3, -0.25) is 14.6 Å². The molecule has 1 saturated heterocycles. The van der Waals surface area contributed by atoms with Crippen molar-refractivity contribution in [3.63, 3.8) is 0 Å². The second kappa shape index (κ2) is 6.42. The third-order valence-electron chi connectivity index (χ3n) is 4.78. The maximum Gasteiger partial charge on any atom is 0.252 e. The van der Waals surface area contributed by atoms with Crippen LogP contribution < -0.4 is 5.56 Å². The van der Waals surface area contributed by atoms with Gasteiger partial charge in [0, 0.05) is 37.3 Å². The smallest absolute Gasteiger partial charge is 0.252 e.